The Hall–Kier alpha value is -3.67. The molecule has 3 aromatic rings. The van der Waals surface area contributed by atoms with Gasteiger partial charge in [-0.1, -0.05) is 0 Å². The molecular formula is C26H28F3N5O4. The molecule has 2 aliphatic rings. The fourth-order valence-electron chi connectivity index (χ4n) is 4.65. The van der Waals surface area contributed by atoms with Gasteiger partial charge < -0.3 is 24.7 Å². The Labute approximate surface area is 216 Å². The Bertz CT molecular complexity index is 1360. The predicted molar refractivity (Wildman–Crippen MR) is 132 cm³/mol. The number of nitrogens with one attached hydrogen (secondary N) is 2. The molecule has 0 radical (unpaired) electrons. The second kappa shape index (κ2) is 10.6. The molecule has 3 heterocycles. The molecule has 1 aliphatic heterocycles. The van der Waals surface area contributed by atoms with Crippen LogP contribution < -0.4 is 10.1 Å². The summed E-state index contributed by atoms with van der Waals surface area (Å²) in [6.07, 6.45) is -0.755. The van der Waals surface area contributed by atoms with Gasteiger partial charge in [0.05, 0.1) is 30.3 Å². The number of halogens is 3. The first kappa shape index (κ1) is 26.0. The van der Waals surface area contributed by atoms with Crippen LogP contribution in [0.3, 0.4) is 0 Å². The Kier molecular flexibility index (Phi) is 7.24. The smallest absolute Gasteiger partial charge is 0.263 e. The quantitative estimate of drug-likeness (QED) is 0.437. The zero-order chi connectivity index (χ0) is 27.0. The summed E-state index contributed by atoms with van der Waals surface area (Å²) in [6, 6.07) is 3.26. The number of aryl methyl sites for hydroxylation is 1. The van der Waals surface area contributed by atoms with Gasteiger partial charge in [-0.05, 0) is 43.9 Å². The number of carbonyl (C=O) groups is 2. The van der Waals surface area contributed by atoms with Crippen LogP contribution in [0.15, 0.2) is 24.5 Å². The number of rotatable bonds is 9. The number of H-pyrrole nitrogens is 1. The lowest BCUT2D eigenvalue weighted by Gasteiger charge is -2.16. The van der Waals surface area contributed by atoms with Crippen molar-refractivity contribution in [3.05, 3.63) is 41.3 Å². The molecule has 202 valence electrons. The predicted octanol–water partition coefficient (Wildman–Crippen LogP) is 3.58. The van der Waals surface area contributed by atoms with Crippen LogP contribution in [0.5, 0.6) is 5.75 Å². The van der Waals surface area contributed by atoms with Crippen molar-refractivity contribution in [2.45, 2.75) is 38.4 Å². The largest absolute Gasteiger partial charge is 0.493 e. The lowest BCUT2D eigenvalue weighted by atomic mass is 10.0. The fourth-order valence-corrected chi connectivity index (χ4v) is 4.65. The molecule has 2 aromatic heterocycles. The Morgan fingerprint density at radius 3 is 2.74 bits per heavy atom. The average Bonchev–Trinajstić information content (AvgIpc) is 3.56. The number of alkyl halides is 3. The van der Waals surface area contributed by atoms with Crippen molar-refractivity contribution in [2.24, 2.45) is 5.92 Å². The Morgan fingerprint density at radius 2 is 2.03 bits per heavy atom. The van der Waals surface area contributed by atoms with Crippen molar-refractivity contribution in [3.8, 4) is 17.0 Å². The van der Waals surface area contributed by atoms with Gasteiger partial charge in [0.25, 0.3) is 12.3 Å². The van der Waals surface area contributed by atoms with Gasteiger partial charge in [0.2, 0.25) is 5.91 Å². The summed E-state index contributed by atoms with van der Waals surface area (Å²) in [6.45, 7) is 1.84. The van der Waals surface area contributed by atoms with Crippen molar-refractivity contribution in [3.63, 3.8) is 0 Å². The molecule has 2 fully saturated rings. The molecule has 0 bridgehead atoms. The highest BCUT2D eigenvalue weighted by Gasteiger charge is 2.37. The fraction of sp³-hybridized carbons (Fsp3) is 0.462. The number of aromatic nitrogens is 3. The molecule has 1 aromatic carbocycles. The summed E-state index contributed by atoms with van der Waals surface area (Å²) >= 11 is 0. The standard InChI is InChI=1S/C26H28F3N5O4/c1-13-21(26(36)33-18-9-34(8-17(18)27)20(35)11-37-2)23-24(32-13)22(30-12-31-23)16-7-15(25(28)29)5-6-19(16)38-10-14-3-4-14/h5-7,12,14,17-18,25,32H,3-4,8-11H2,1-2H3,(H,33,36)/t17-,18-/m0/s1. The Morgan fingerprint density at radius 1 is 1.24 bits per heavy atom. The average molecular weight is 532 g/mol. The van der Waals surface area contributed by atoms with Crippen molar-refractivity contribution in [2.75, 3.05) is 33.4 Å². The normalized spacial score (nSPS) is 19.4. The van der Waals surface area contributed by atoms with Crippen molar-refractivity contribution in [1.82, 2.24) is 25.2 Å². The van der Waals surface area contributed by atoms with E-state index in [1.807, 2.05) is 0 Å². The van der Waals surface area contributed by atoms with Crippen LogP contribution in [0.25, 0.3) is 22.3 Å². The van der Waals surface area contributed by atoms with E-state index in [4.69, 9.17) is 9.47 Å². The van der Waals surface area contributed by atoms with E-state index in [0.717, 1.165) is 12.8 Å². The van der Waals surface area contributed by atoms with Crippen molar-refractivity contribution < 1.29 is 32.2 Å². The molecule has 0 unspecified atom stereocenters. The van der Waals surface area contributed by atoms with E-state index in [-0.39, 0.29) is 42.2 Å². The number of hydrogen-bond donors (Lipinski definition) is 2. The highest BCUT2D eigenvalue weighted by molar-refractivity contribution is 6.09. The van der Waals surface area contributed by atoms with Crippen LogP contribution in [0.4, 0.5) is 13.2 Å². The number of aromatic amines is 1. The minimum absolute atomic E-state index is 0.0127. The van der Waals surface area contributed by atoms with Crippen LogP contribution in [0.2, 0.25) is 0 Å². The van der Waals surface area contributed by atoms with Gasteiger partial charge in [0.15, 0.2) is 0 Å². The third-order valence-corrected chi connectivity index (χ3v) is 6.87. The second-order valence-electron chi connectivity index (χ2n) is 9.71. The molecule has 1 aliphatic carbocycles. The summed E-state index contributed by atoms with van der Waals surface area (Å²) in [5.41, 5.74) is 1.75. The third-order valence-electron chi connectivity index (χ3n) is 6.87. The SMILES string of the molecule is COCC(=O)N1C[C@H](NC(=O)c2c(C)[nH]c3c(-c4cc(C(F)F)ccc4OCC4CC4)ncnc23)[C@@H](F)C1. The van der Waals surface area contributed by atoms with Gasteiger partial charge >= 0.3 is 0 Å². The van der Waals surface area contributed by atoms with Crippen LogP contribution in [0, 0.1) is 12.8 Å². The van der Waals surface area contributed by atoms with E-state index in [1.165, 1.54) is 36.5 Å². The van der Waals surface area contributed by atoms with Crippen LogP contribution in [-0.2, 0) is 9.53 Å². The summed E-state index contributed by atoms with van der Waals surface area (Å²) in [7, 11) is 1.38. The third kappa shape index (κ3) is 5.17. The topological polar surface area (TPSA) is 109 Å². The molecule has 2 amide bonds. The summed E-state index contributed by atoms with van der Waals surface area (Å²) in [5, 5.41) is 2.67. The van der Waals surface area contributed by atoms with E-state index in [2.05, 4.69) is 20.3 Å². The monoisotopic (exact) mass is 531 g/mol. The first-order chi connectivity index (χ1) is 18.3. The van der Waals surface area contributed by atoms with E-state index in [1.54, 1.807) is 6.92 Å². The number of nitrogens with zero attached hydrogens (tertiary/aromatic N) is 3. The van der Waals surface area contributed by atoms with E-state index < -0.39 is 24.5 Å². The minimum atomic E-state index is -2.69. The lowest BCUT2D eigenvalue weighted by molar-refractivity contribution is -0.134. The molecule has 12 heteroatoms. The lowest BCUT2D eigenvalue weighted by Crippen LogP contribution is -2.42. The van der Waals surface area contributed by atoms with E-state index in [0.29, 0.717) is 40.7 Å². The number of benzene rings is 1. The number of methoxy groups -OCH3 is 1. The number of ether oxygens (including phenoxy) is 2. The zero-order valence-electron chi connectivity index (χ0n) is 21.0. The Balaban J connectivity index is 1.46. The maximum atomic E-state index is 14.7. The zero-order valence-corrected chi connectivity index (χ0v) is 21.0. The number of likely N-dealkylation sites (tertiary alicyclic amines) is 1. The number of carbonyl (C=O) groups excluding carboxylic acids is 2. The second-order valence-corrected chi connectivity index (χ2v) is 9.71. The van der Waals surface area contributed by atoms with Crippen LogP contribution in [0.1, 0.15) is 40.9 Å². The van der Waals surface area contributed by atoms with Crippen molar-refractivity contribution >= 4 is 22.8 Å². The molecule has 38 heavy (non-hydrogen) atoms. The first-order valence-corrected chi connectivity index (χ1v) is 12.4. The van der Waals surface area contributed by atoms with Gasteiger partial charge in [-0.3, -0.25) is 9.59 Å². The first-order valence-electron chi connectivity index (χ1n) is 12.4. The van der Waals surface area contributed by atoms with E-state index in [9.17, 15) is 22.8 Å². The highest BCUT2D eigenvalue weighted by atomic mass is 19.3. The molecule has 2 atom stereocenters. The van der Waals surface area contributed by atoms with Gasteiger partial charge in [-0.25, -0.2) is 23.1 Å². The summed E-state index contributed by atoms with van der Waals surface area (Å²) in [4.78, 5) is 38.4. The van der Waals surface area contributed by atoms with Gasteiger partial charge in [-0.2, -0.15) is 0 Å². The molecule has 9 nitrogen and oxygen atoms in total. The van der Waals surface area contributed by atoms with Crippen LogP contribution in [-0.4, -0.2) is 77.3 Å². The molecular weight excluding hydrogens is 503 g/mol. The highest BCUT2D eigenvalue weighted by Crippen LogP contribution is 2.38. The molecule has 2 N–H and O–H groups in total. The number of fused-ring (bicyclic) bond motifs is 1. The molecule has 0 spiro atoms. The minimum Gasteiger partial charge on any atom is -0.493 e. The van der Waals surface area contributed by atoms with Crippen molar-refractivity contribution in [1.29, 1.82) is 0 Å². The van der Waals surface area contributed by atoms with Gasteiger partial charge in [0, 0.05) is 30.5 Å². The molecule has 1 saturated heterocycles. The maximum absolute atomic E-state index is 14.7. The number of hydrogen-bond acceptors (Lipinski definition) is 6. The van der Waals surface area contributed by atoms with Crippen LogP contribution >= 0.6 is 0 Å². The van der Waals surface area contributed by atoms with Gasteiger partial charge in [-0.15, -0.1) is 0 Å². The molecule has 5 rings (SSSR count). The maximum Gasteiger partial charge on any atom is 0.263 e. The van der Waals surface area contributed by atoms with E-state index >= 15 is 0 Å². The summed E-state index contributed by atoms with van der Waals surface area (Å²) < 4.78 is 52.6. The van der Waals surface area contributed by atoms with Gasteiger partial charge in [0.1, 0.15) is 36.1 Å². The number of amides is 2. The summed E-state index contributed by atoms with van der Waals surface area (Å²) in [5.74, 6) is -0.0785. The molecule has 1 saturated carbocycles.